The molecule has 2 aromatic carbocycles. The first-order chi connectivity index (χ1) is 12.2. The smallest absolute Gasteiger partial charge is 0.339 e. The fourth-order valence-electron chi connectivity index (χ4n) is 2.19. The number of rotatable bonds is 8. The molecule has 0 amide bonds. The molecule has 3 rings (SSSR count). The van der Waals surface area contributed by atoms with E-state index in [4.69, 9.17) is 14.3 Å². The van der Waals surface area contributed by atoms with Gasteiger partial charge < -0.3 is 14.3 Å². The molecule has 0 bridgehead atoms. The van der Waals surface area contributed by atoms with Gasteiger partial charge in [-0.15, -0.1) is 10.2 Å². The Hall–Kier alpha value is -2.80. The summed E-state index contributed by atoms with van der Waals surface area (Å²) in [5, 5.41) is 17.6. The summed E-state index contributed by atoms with van der Waals surface area (Å²) < 4.78 is 11.1. The van der Waals surface area contributed by atoms with Crippen LogP contribution in [0.3, 0.4) is 0 Å². The van der Waals surface area contributed by atoms with E-state index in [0.717, 1.165) is 5.56 Å². The first kappa shape index (κ1) is 17.0. The van der Waals surface area contributed by atoms with Crippen molar-refractivity contribution >= 4 is 17.7 Å². The molecule has 0 saturated carbocycles. The molecule has 0 unspecified atom stereocenters. The maximum Gasteiger partial charge on any atom is 0.339 e. The molecule has 0 aliphatic carbocycles. The maximum absolute atomic E-state index is 11.1. The summed E-state index contributed by atoms with van der Waals surface area (Å²) in [6.07, 6.45) is 0.594. The van der Waals surface area contributed by atoms with Gasteiger partial charge in [-0.05, 0) is 17.7 Å². The Kier molecular flexibility index (Phi) is 5.69. The maximum atomic E-state index is 11.1. The largest absolute Gasteiger partial charge is 0.492 e. The highest BCUT2D eigenvalue weighted by atomic mass is 32.2. The Morgan fingerprint density at radius 3 is 2.64 bits per heavy atom. The van der Waals surface area contributed by atoms with Crippen LogP contribution in [0, 0.1) is 0 Å². The minimum absolute atomic E-state index is 0.149. The molecule has 0 spiro atoms. The van der Waals surface area contributed by atoms with Crippen LogP contribution < -0.4 is 4.74 Å². The molecule has 0 aliphatic heterocycles. The lowest BCUT2D eigenvalue weighted by atomic mass is 10.2. The van der Waals surface area contributed by atoms with Crippen LogP contribution in [0.1, 0.15) is 21.8 Å². The molecule has 0 fully saturated rings. The van der Waals surface area contributed by atoms with Crippen molar-refractivity contribution in [3.05, 3.63) is 71.6 Å². The highest BCUT2D eigenvalue weighted by Crippen LogP contribution is 2.20. The predicted molar refractivity (Wildman–Crippen MR) is 93.2 cm³/mol. The number of carboxylic acids is 1. The summed E-state index contributed by atoms with van der Waals surface area (Å²) in [7, 11) is 0. The van der Waals surface area contributed by atoms with Gasteiger partial charge >= 0.3 is 5.97 Å². The second-order valence-corrected chi connectivity index (χ2v) is 6.17. The van der Waals surface area contributed by atoms with E-state index in [0.29, 0.717) is 35.6 Å². The molecule has 0 radical (unpaired) electrons. The first-order valence-corrected chi connectivity index (χ1v) is 8.65. The summed E-state index contributed by atoms with van der Waals surface area (Å²) >= 11 is 1.37. The van der Waals surface area contributed by atoms with Gasteiger partial charge in [0, 0.05) is 5.75 Å². The lowest BCUT2D eigenvalue weighted by molar-refractivity contribution is 0.0692. The highest BCUT2D eigenvalue weighted by molar-refractivity contribution is 7.99. The molecule has 0 atom stereocenters. The van der Waals surface area contributed by atoms with Crippen molar-refractivity contribution in [3.8, 4) is 5.75 Å². The second kappa shape index (κ2) is 8.34. The van der Waals surface area contributed by atoms with Gasteiger partial charge in [-0.2, -0.15) is 0 Å². The number of hydrogen-bond donors (Lipinski definition) is 1. The Labute approximate surface area is 148 Å². The van der Waals surface area contributed by atoms with E-state index in [9.17, 15) is 4.79 Å². The number of para-hydroxylation sites is 1. The van der Waals surface area contributed by atoms with E-state index >= 15 is 0 Å². The number of carbonyl (C=O) groups is 1. The van der Waals surface area contributed by atoms with Gasteiger partial charge in [0.2, 0.25) is 5.89 Å². The van der Waals surface area contributed by atoms with Crippen LogP contribution in [0.25, 0.3) is 0 Å². The molecule has 1 N–H and O–H groups in total. The topological polar surface area (TPSA) is 85.5 Å². The molecule has 1 heterocycles. The molecular weight excluding hydrogens is 340 g/mol. The van der Waals surface area contributed by atoms with Crippen LogP contribution in [0.15, 0.2) is 64.2 Å². The van der Waals surface area contributed by atoms with Crippen LogP contribution in [-0.2, 0) is 6.42 Å². The Morgan fingerprint density at radius 2 is 1.84 bits per heavy atom. The van der Waals surface area contributed by atoms with Gasteiger partial charge in [0.05, 0.1) is 13.0 Å². The number of thioether (sulfide) groups is 1. The third-order valence-corrected chi connectivity index (χ3v) is 4.11. The van der Waals surface area contributed by atoms with Crippen LogP contribution in [0.2, 0.25) is 0 Å². The van der Waals surface area contributed by atoms with E-state index < -0.39 is 5.97 Å². The Bertz CT molecular complexity index is 836. The van der Waals surface area contributed by atoms with Crippen LogP contribution in [0.4, 0.5) is 0 Å². The normalized spacial score (nSPS) is 10.6. The van der Waals surface area contributed by atoms with E-state index in [1.165, 1.54) is 17.8 Å². The SMILES string of the molecule is O=C(O)c1ccccc1OCCSc1nnc(Cc2ccccc2)o1. The zero-order valence-corrected chi connectivity index (χ0v) is 14.1. The van der Waals surface area contributed by atoms with E-state index in [1.54, 1.807) is 18.2 Å². The Balaban J connectivity index is 1.48. The van der Waals surface area contributed by atoms with E-state index in [1.807, 2.05) is 30.3 Å². The molecule has 6 nitrogen and oxygen atoms in total. The molecule has 0 saturated heterocycles. The van der Waals surface area contributed by atoms with Gasteiger partial charge in [0.15, 0.2) is 0 Å². The highest BCUT2D eigenvalue weighted by Gasteiger charge is 2.11. The van der Waals surface area contributed by atoms with E-state index in [2.05, 4.69) is 10.2 Å². The number of nitrogens with zero attached hydrogens (tertiary/aromatic N) is 2. The summed E-state index contributed by atoms with van der Waals surface area (Å²) in [6, 6.07) is 16.5. The third kappa shape index (κ3) is 4.84. The zero-order chi connectivity index (χ0) is 17.5. The minimum atomic E-state index is -1.01. The van der Waals surface area contributed by atoms with Gasteiger partial charge in [-0.3, -0.25) is 0 Å². The molecule has 1 aromatic heterocycles. The number of hydrogen-bond acceptors (Lipinski definition) is 6. The van der Waals surface area contributed by atoms with Crippen molar-refractivity contribution in [1.29, 1.82) is 0 Å². The summed E-state index contributed by atoms with van der Waals surface area (Å²) in [5.74, 6) is 0.475. The lowest BCUT2D eigenvalue weighted by Gasteiger charge is -2.07. The number of aromatic carboxylic acids is 1. The fraction of sp³-hybridized carbons (Fsp3) is 0.167. The molecule has 25 heavy (non-hydrogen) atoms. The van der Waals surface area contributed by atoms with Crippen molar-refractivity contribution in [2.24, 2.45) is 0 Å². The summed E-state index contributed by atoms with van der Waals surface area (Å²) in [4.78, 5) is 11.1. The third-order valence-electron chi connectivity index (χ3n) is 3.33. The van der Waals surface area contributed by atoms with Gasteiger partial charge in [0.25, 0.3) is 5.22 Å². The molecule has 3 aromatic rings. The molecule has 128 valence electrons. The van der Waals surface area contributed by atoms with Crippen molar-refractivity contribution in [2.45, 2.75) is 11.6 Å². The average Bonchev–Trinajstić information content (AvgIpc) is 3.07. The van der Waals surface area contributed by atoms with Gasteiger partial charge in [0.1, 0.15) is 11.3 Å². The predicted octanol–water partition coefficient (Wildman–Crippen LogP) is 3.53. The molecular formula is C18H16N2O4S. The summed E-state index contributed by atoms with van der Waals surface area (Å²) in [6.45, 7) is 0.339. The van der Waals surface area contributed by atoms with Crippen LogP contribution in [0.5, 0.6) is 5.75 Å². The van der Waals surface area contributed by atoms with Crippen molar-refractivity contribution in [2.75, 3.05) is 12.4 Å². The van der Waals surface area contributed by atoms with Crippen molar-refractivity contribution in [3.63, 3.8) is 0 Å². The van der Waals surface area contributed by atoms with Gasteiger partial charge in [-0.1, -0.05) is 54.2 Å². The van der Waals surface area contributed by atoms with Crippen molar-refractivity contribution < 1.29 is 19.1 Å². The second-order valence-electron chi connectivity index (χ2n) is 5.12. The minimum Gasteiger partial charge on any atom is -0.492 e. The standard InChI is InChI=1S/C18H16N2O4S/c21-17(22)14-8-4-5-9-15(14)23-10-11-25-18-20-19-16(24-18)12-13-6-2-1-3-7-13/h1-9H,10-12H2,(H,21,22). The Morgan fingerprint density at radius 1 is 1.08 bits per heavy atom. The lowest BCUT2D eigenvalue weighted by Crippen LogP contribution is -2.05. The van der Waals surface area contributed by atoms with Crippen LogP contribution >= 0.6 is 11.8 Å². The number of ether oxygens (including phenoxy) is 1. The number of aromatic nitrogens is 2. The number of carboxylic acid groups (broad SMARTS) is 1. The molecule has 7 heteroatoms. The van der Waals surface area contributed by atoms with Crippen LogP contribution in [-0.4, -0.2) is 33.6 Å². The first-order valence-electron chi connectivity index (χ1n) is 7.66. The van der Waals surface area contributed by atoms with E-state index in [-0.39, 0.29) is 5.56 Å². The molecule has 0 aliphatic rings. The quantitative estimate of drug-likeness (QED) is 0.488. The monoisotopic (exact) mass is 356 g/mol. The van der Waals surface area contributed by atoms with Gasteiger partial charge in [-0.25, -0.2) is 4.79 Å². The van der Waals surface area contributed by atoms with Crippen molar-refractivity contribution in [1.82, 2.24) is 10.2 Å². The average molecular weight is 356 g/mol. The summed E-state index contributed by atoms with van der Waals surface area (Å²) in [5.41, 5.74) is 1.26. The fourth-order valence-corrected chi connectivity index (χ4v) is 2.78. The number of benzene rings is 2. The zero-order valence-electron chi connectivity index (χ0n) is 13.3.